The fourth-order valence-electron chi connectivity index (χ4n) is 5.91. The van der Waals surface area contributed by atoms with Gasteiger partial charge in [0, 0.05) is 12.6 Å². The Kier molecular flexibility index (Phi) is 20.9. The van der Waals surface area contributed by atoms with Crippen LogP contribution in [0.4, 0.5) is 0 Å². The summed E-state index contributed by atoms with van der Waals surface area (Å²) in [4.78, 5) is 14.1. The number of nitrogens with zero attached hydrogens (tertiary/aromatic N) is 1. The van der Waals surface area contributed by atoms with E-state index in [-0.39, 0.29) is 12.0 Å². The van der Waals surface area contributed by atoms with E-state index in [9.17, 15) is 15.0 Å². The molecule has 1 rings (SSSR count). The van der Waals surface area contributed by atoms with E-state index in [1.54, 1.807) is 0 Å². The minimum absolute atomic E-state index is 0.00821. The highest BCUT2D eigenvalue weighted by molar-refractivity contribution is 5.71. The van der Waals surface area contributed by atoms with Gasteiger partial charge in [-0.3, -0.25) is 9.69 Å². The second-order valence-corrected chi connectivity index (χ2v) is 11.3. The number of aliphatic hydroxyl groups is 1. The summed E-state index contributed by atoms with van der Waals surface area (Å²) in [5.41, 5.74) is 0. The Morgan fingerprint density at radius 3 is 1.46 bits per heavy atom. The van der Waals surface area contributed by atoms with Gasteiger partial charge in [0.05, 0.1) is 5.92 Å². The Labute approximate surface area is 218 Å². The molecule has 2 N–H and O–H groups in total. The number of rotatable bonds is 24. The lowest BCUT2D eigenvalue weighted by Crippen LogP contribution is -2.53. The summed E-state index contributed by atoms with van der Waals surface area (Å²) in [7, 11) is 0. The monoisotopic (exact) mass is 495 g/mol. The summed E-state index contributed by atoms with van der Waals surface area (Å²) in [6, 6.07) is 0.00821. The zero-order valence-electron chi connectivity index (χ0n) is 23.7. The zero-order valence-corrected chi connectivity index (χ0v) is 23.7. The van der Waals surface area contributed by atoms with E-state index in [4.69, 9.17) is 0 Å². The third kappa shape index (κ3) is 16.0. The van der Waals surface area contributed by atoms with Crippen LogP contribution in [0.2, 0.25) is 0 Å². The van der Waals surface area contributed by atoms with Crippen LogP contribution >= 0.6 is 0 Å². The molecule has 35 heavy (non-hydrogen) atoms. The second kappa shape index (κ2) is 22.6. The first kappa shape index (κ1) is 32.4. The van der Waals surface area contributed by atoms with Crippen molar-refractivity contribution in [2.24, 2.45) is 5.92 Å². The van der Waals surface area contributed by atoms with Crippen molar-refractivity contribution in [1.82, 2.24) is 4.90 Å². The SMILES string of the molecule is CCCCCCCCCCCCCCCCN1C(O)CCC(C(=O)O)C1CCCCCCCCC. The molecule has 4 heteroatoms. The van der Waals surface area contributed by atoms with Crippen LogP contribution in [0.15, 0.2) is 0 Å². The molecule has 3 atom stereocenters. The van der Waals surface area contributed by atoms with Gasteiger partial charge in [-0.25, -0.2) is 0 Å². The quantitative estimate of drug-likeness (QED) is 0.131. The maximum absolute atomic E-state index is 11.9. The lowest BCUT2D eigenvalue weighted by Gasteiger charge is -2.43. The smallest absolute Gasteiger partial charge is 0.308 e. The highest BCUT2D eigenvalue weighted by atomic mass is 16.4. The molecule has 1 saturated heterocycles. The summed E-state index contributed by atoms with van der Waals surface area (Å²) in [6.07, 6.45) is 29.2. The predicted molar refractivity (Wildman–Crippen MR) is 150 cm³/mol. The van der Waals surface area contributed by atoms with Crippen LogP contribution < -0.4 is 0 Å². The molecule has 1 aliphatic heterocycles. The van der Waals surface area contributed by atoms with Crippen molar-refractivity contribution in [3.63, 3.8) is 0 Å². The number of hydrogen-bond acceptors (Lipinski definition) is 3. The minimum Gasteiger partial charge on any atom is -0.481 e. The molecule has 0 aromatic carbocycles. The molecule has 0 spiro atoms. The molecule has 208 valence electrons. The number of aliphatic carboxylic acids is 1. The van der Waals surface area contributed by atoms with Gasteiger partial charge in [0.15, 0.2) is 0 Å². The van der Waals surface area contributed by atoms with Gasteiger partial charge in [0.25, 0.3) is 0 Å². The van der Waals surface area contributed by atoms with E-state index in [0.29, 0.717) is 12.8 Å². The van der Waals surface area contributed by atoms with E-state index in [2.05, 4.69) is 18.7 Å². The van der Waals surface area contributed by atoms with Crippen LogP contribution in [0.3, 0.4) is 0 Å². The van der Waals surface area contributed by atoms with E-state index >= 15 is 0 Å². The number of hydrogen-bond donors (Lipinski definition) is 2. The maximum Gasteiger partial charge on any atom is 0.308 e. The minimum atomic E-state index is -0.671. The van der Waals surface area contributed by atoms with Crippen LogP contribution in [0, 0.1) is 5.92 Å². The van der Waals surface area contributed by atoms with E-state index < -0.39 is 12.2 Å². The highest BCUT2D eigenvalue weighted by Gasteiger charge is 2.39. The Balaban J connectivity index is 2.18. The lowest BCUT2D eigenvalue weighted by atomic mass is 9.84. The van der Waals surface area contributed by atoms with Crippen molar-refractivity contribution in [3.05, 3.63) is 0 Å². The van der Waals surface area contributed by atoms with E-state index in [0.717, 1.165) is 25.8 Å². The van der Waals surface area contributed by atoms with Crippen LogP contribution in [0.1, 0.15) is 168 Å². The average Bonchev–Trinajstić information content (AvgIpc) is 2.84. The first-order valence-corrected chi connectivity index (χ1v) is 15.8. The summed E-state index contributed by atoms with van der Waals surface area (Å²) >= 11 is 0. The number of piperidine rings is 1. The summed E-state index contributed by atoms with van der Waals surface area (Å²) < 4.78 is 0. The molecule has 0 saturated carbocycles. The molecule has 1 fully saturated rings. The van der Waals surface area contributed by atoms with Gasteiger partial charge < -0.3 is 10.2 Å². The van der Waals surface area contributed by atoms with Crippen LogP contribution in [0.25, 0.3) is 0 Å². The third-order valence-electron chi connectivity index (χ3n) is 8.20. The number of aliphatic hydroxyl groups excluding tert-OH is 1. The zero-order chi connectivity index (χ0) is 25.6. The predicted octanol–water partition coefficient (Wildman–Crippen LogP) is 9.09. The van der Waals surface area contributed by atoms with E-state index in [1.807, 2.05) is 0 Å². The summed E-state index contributed by atoms with van der Waals surface area (Å²) in [5, 5.41) is 20.5. The number of carbonyl (C=O) groups is 1. The van der Waals surface area contributed by atoms with Crippen LogP contribution in [-0.2, 0) is 4.79 Å². The number of carboxylic acid groups (broad SMARTS) is 1. The molecule has 4 nitrogen and oxygen atoms in total. The molecule has 0 aliphatic carbocycles. The van der Waals surface area contributed by atoms with Crippen molar-refractivity contribution >= 4 is 5.97 Å². The first-order valence-electron chi connectivity index (χ1n) is 15.8. The van der Waals surface area contributed by atoms with Gasteiger partial charge in [-0.2, -0.15) is 0 Å². The fourth-order valence-corrected chi connectivity index (χ4v) is 5.91. The lowest BCUT2D eigenvalue weighted by molar-refractivity contribution is -0.153. The molecule has 0 amide bonds. The molecular weight excluding hydrogens is 434 g/mol. The summed E-state index contributed by atoms with van der Waals surface area (Å²) in [5.74, 6) is -0.985. The van der Waals surface area contributed by atoms with Crippen molar-refractivity contribution in [2.45, 2.75) is 180 Å². The molecule has 1 aliphatic rings. The van der Waals surface area contributed by atoms with Crippen LogP contribution in [-0.4, -0.2) is 39.9 Å². The molecule has 0 aromatic rings. The highest BCUT2D eigenvalue weighted by Crippen LogP contribution is 2.31. The standard InChI is InChI=1S/C31H61NO3/c1-3-5-7-9-11-12-13-14-15-16-17-19-21-23-27-32-29(24-22-20-18-10-8-6-4-2)28(31(34)35)25-26-30(32)33/h28-30,33H,3-27H2,1-2H3,(H,34,35). The molecule has 1 heterocycles. The van der Waals surface area contributed by atoms with Crippen LogP contribution in [0.5, 0.6) is 0 Å². The van der Waals surface area contributed by atoms with Crippen molar-refractivity contribution in [3.8, 4) is 0 Å². The van der Waals surface area contributed by atoms with Crippen molar-refractivity contribution < 1.29 is 15.0 Å². The molecule has 0 radical (unpaired) electrons. The van der Waals surface area contributed by atoms with E-state index in [1.165, 1.54) is 122 Å². The molecule has 0 aromatic heterocycles. The average molecular weight is 496 g/mol. The second-order valence-electron chi connectivity index (χ2n) is 11.3. The number of likely N-dealkylation sites (tertiary alicyclic amines) is 1. The van der Waals surface area contributed by atoms with Gasteiger partial charge in [-0.15, -0.1) is 0 Å². The Hall–Kier alpha value is -0.610. The van der Waals surface area contributed by atoms with Gasteiger partial charge in [-0.1, -0.05) is 142 Å². The Morgan fingerprint density at radius 1 is 0.629 bits per heavy atom. The van der Waals surface area contributed by atoms with Gasteiger partial charge >= 0.3 is 5.97 Å². The number of carboxylic acids is 1. The Morgan fingerprint density at radius 2 is 1.03 bits per heavy atom. The van der Waals surface area contributed by atoms with Gasteiger partial charge in [0.1, 0.15) is 6.23 Å². The van der Waals surface area contributed by atoms with Crippen molar-refractivity contribution in [2.75, 3.05) is 6.54 Å². The first-order chi connectivity index (χ1) is 17.1. The maximum atomic E-state index is 11.9. The largest absolute Gasteiger partial charge is 0.481 e. The van der Waals surface area contributed by atoms with Gasteiger partial charge in [-0.05, 0) is 25.7 Å². The molecule has 3 unspecified atom stereocenters. The third-order valence-corrected chi connectivity index (χ3v) is 8.20. The molecular formula is C31H61NO3. The number of unbranched alkanes of at least 4 members (excludes halogenated alkanes) is 19. The summed E-state index contributed by atoms with van der Waals surface area (Å²) in [6.45, 7) is 5.37. The van der Waals surface area contributed by atoms with Gasteiger partial charge in [0.2, 0.25) is 0 Å². The normalized spacial score (nSPS) is 20.9. The Bertz CT molecular complexity index is 484. The topological polar surface area (TPSA) is 60.8 Å². The fraction of sp³-hybridized carbons (Fsp3) is 0.968. The molecule has 0 bridgehead atoms. The van der Waals surface area contributed by atoms with Crippen molar-refractivity contribution in [1.29, 1.82) is 0 Å².